The van der Waals surface area contributed by atoms with Gasteiger partial charge in [0.2, 0.25) is 0 Å². The van der Waals surface area contributed by atoms with E-state index in [0.29, 0.717) is 18.9 Å². The Kier molecular flexibility index (Phi) is 11.2. The maximum absolute atomic E-state index is 12.4. The summed E-state index contributed by atoms with van der Waals surface area (Å²) in [4.78, 5) is 25.7. The lowest BCUT2D eigenvalue weighted by molar-refractivity contribution is 0.132. The first-order valence-electron chi connectivity index (χ1n) is 9.39. The van der Waals surface area contributed by atoms with Crippen LogP contribution in [-0.2, 0) is 9.47 Å². The highest BCUT2D eigenvalue weighted by atomic mass is 16.6. The molecule has 0 bridgehead atoms. The first kappa shape index (κ1) is 21.0. The zero-order valence-electron chi connectivity index (χ0n) is 15.5. The third-order valence-corrected chi connectivity index (χ3v) is 3.83. The molecule has 5 nitrogen and oxygen atoms in total. The van der Waals surface area contributed by atoms with E-state index >= 15 is 0 Å². The van der Waals surface area contributed by atoms with Crippen LogP contribution in [0.25, 0.3) is 0 Å². The predicted molar refractivity (Wildman–Crippen MR) is 99.9 cm³/mol. The molecular weight excluding hydrogens is 318 g/mol. The highest BCUT2D eigenvalue weighted by Gasteiger charge is 2.26. The topological polar surface area (TPSA) is 55.8 Å². The molecule has 140 valence electrons. The van der Waals surface area contributed by atoms with Gasteiger partial charge in [-0.15, -0.1) is 0 Å². The molecule has 0 aliphatic heterocycles. The summed E-state index contributed by atoms with van der Waals surface area (Å²) >= 11 is 0. The molecule has 0 saturated carbocycles. The van der Waals surface area contributed by atoms with E-state index in [9.17, 15) is 9.59 Å². The van der Waals surface area contributed by atoms with E-state index in [2.05, 4.69) is 13.8 Å². The highest BCUT2D eigenvalue weighted by molar-refractivity contribution is 6.09. The lowest BCUT2D eigenvalue weighted by atomic mass is 10.2. The minimum atomic E-state index is -0.679. The lowest BCUT2D eigenvalue weighted by Gasteiger charge is -2.20. The van der Waals surface area contributed by atoms with Gasteiger partial charge in [0.15, 0.2) is 0 Å². The standard InChI is InChI=1S/C20H31NO4/c1-3-5-7-12-16-24-19(22)21(18-14-10-9-11-15-18)20(23)25-17-13-8-6-4-2/h9-11,14-15H,3-8,12-13,16-17H2,1-2H3. The van der Waals surface area contributed by atoms with Crippen LogP contribution in [0.3, 0.4) is 0 Å². The van der Waals surface area contributed by atoms with E-state index < -0.39 is 12.2 Å². The number of ether oxygens (including phenoxy) is 2. The zero-order valence-corrected chi connectivity index (χ0v) is 15.5. The molecule has 0 aromatic heterocycles. The summed E-state index contributed by atoms with van der Waals surface area (Å²) in [6, 6.07) is 8.75. The second kappa shape index (κ2) is 13.3. The first-order chi connectivity index (χ1) is 12.2. The molecule has 0 radical (unpaired) electrons. The Morgan fingerprint density at radius 3 is 1.68 bits per heavy atom. The fourth-order valence-corrected chi connectivity index (χ4v) is 2.37. The molecule has 0 heterocycles. The van der Waals surface area contributed by atoms with Crippen molar-refractivity contribution in [2.45, 2.75) is 65.2 Å². The van der Waals surface area contributed by atoms with Crippen molar-refractivity contribution in [2.24, 2.45) is 0 Å². The third-order valence-electron chi connectivity index (χ3n) is 3.83. The third kappa shape index (κ3) is 8.57. The second-order valence-electron chi connectivity index (χ2n) is 6.02. The number of nitrogens with zero attached hydrogens (tertiary/aromatic N) is 1. The Bertz CT molecular complexity index is 464. The van der Waals surface area contributed by atoms with Crippen molar-refractivity contribution in [2.75, 3.05) is 18.1 Å². The number of carbonyl (C=O) groups is 2. The van der Waals surface area contributed by atoms with E-state index in [-0.39, 0.29) is 0 Å². The molecule has 2 amide bonds. The van der Waals surface area contributed by atoms with Crippen LogP contribution in [0.4, 0.5) is 15.3 Å². The van der Waals surface area contributed by atoms with Gasteiger partial charge in [0.1, 0.15) is 0 Å². The maximum atomic E-state index is 12.4. The number of amides is 2. The van der Waals surface area contributed by atoms with Gasteiger partial charge in [-0.1, -0.05) is 70.6 Å². The molecule has 5 heteroatoms. The van der Waals surface area contributed by atoms with Gasteiger partial charge in [-0.3, -0.25) is 0 Å². The van der Waals surface area contributed by atoms with Crippen molar-refractivity contribution >= 4 is 17.9 Å². The van der Waals surface area contributed by atoms with Crippen molar-refractivity contribution < 1.29 is 19.1 Å². The molecule has 1 rings (SSSR count). The highest BCUT2D eigenvalue weighted by Crippen LogP contribution is 2.16. The van der Waals surface area contributed by atoms with Crippen molar-refractivity contribution in [1.82, 2.24) is 0 Å². The van der Waals surface area contributed by atoms with Crippen LogP contribution in [0.5, 0.6) is 0 Å². The largest absolute Gasteiger partial charge is 0.449 e. The average Bonchev–Trinajstić information content (AvgIpc) is 2.62. The molecule has 1 aromatic carbocycles. The fourth-order valence-electron chi connectivity index (χ4n) is 2.37. The lowest BCUT2D eigenvalue weighted by Crippen LogP contribution is -2.38. The van der Waals surface area contributed by atoms with Crippen molar-refractivity contribution in [3.8, 4) is 0 Å². The van der Waals surface area contributed by atoms with Gasteiger partial charge >= 0.3 is 12.2 Å². The summed E-state index contributed by atoms with van der Waals surface area (Å²) in [6.07, 6.45) is 6.72. The molecule has 0 saturated heterocycles. The van der Waals surface area contributed by atoms with Gasteiger partial charge in [0.25, 0.3) is 0 Å². The second-order valence-corrected chi connectivity index (χ2v) is 6.02. The van der Waals surface area contributed by atoms with Gasteiger partial charge in [-0.25, -0.2) is 9.59 Å². The van der Waals surface area contributed by atoms with Crippen LogP contribution in [0.15, 0.2) is 30.3 Å². The summed E-state index contributed by atoms with van der Waals surface area (Å²) in [5.74, 6) is 0. The number of benzene rings is 1. The number of rotatable bonds is 11. The van der Waals surface area contributed by atoms with Crippen molar-refractivity contribution in [3.05, 3.63) is 30.3 Å². The number of unbranched alkanes of at least 4 members (excludes halogenated alkanes) is 6. The fraction of sp³-hybridized carbons (Fsp3) is 0.600. The molecule has 0 fully saturated rings. The molecule has 0 unspecified atom stereocenters. The summed E-state index contributed by atoms with van der Waals surface area (Å²) in [5.41, 5.74) is 0.458. The zero-order chi connectivity index (χ0) is 18.3. The molecular formula is C20H31NO4. The van der Waals surface area contributed by atoms with Crippen LogP contribution in [-0.4, -0.2) is 25.4 Å². The normalized spacial score (nSPS) is 10.3. The Morgan fingerprint density at radius 1 is 0.760 bits per heavy atom. The smallest absolute Gasteiger partial charge is 0.424 e. The van der Waals surface area contributed by atoms with Crippen LogP contribution >= 0.6 is 0 Å². The van der Waals surface area contributed by atoms with Gasteiger partial charge in [-0.05, 0) is 25.0 Å². The van der Waals surface area contributed by atoms with E-state index in [1.807, 2.05) is 6.07 Å². The molecule has 0 spiro atoms. The van der Waals surface area contributed by atoms with Gasteiger partial charge in [-0.2, -0.15) is 4.90 Å². The minimum Gasteiger partial charge on any atom is -0.449 e. The number of para-hydroxylation sites is 1. The summed E-state index contributed by atoms with van der Waals surface area (Å²) in [7, 11) is 0. The van der Waals surface area contributed by atoms with E-state index in [4.69, 9.17) is 9.47 Å². The summed E-state index contributed by atoms with van der Waals surface area (Å²) in [6.45, 7) is 4.87. The summed E-state index contributed by atoms with van der Waals surface area (Å²) in [5, 5.41) is 0. The molecule has 25 heavy (non-hydrogen) atoms. The van der Waals surface area contributed by atoms with Crippen LogP contribution in [0, 0.1) is 0 Å². The Labute approximate surface area is 151 Å². The molecule has 1 aromatic rings. The Hall–Kier alpha value is -2.04. The quantitative estimate of drug-likeness (QED) is 0.465. The van der Waals surface area contributed by atoms with Crippen molar-refractivity contribution in [3.63, 3.8) is 0 Å². The van der Waals surface area contributed by atoms with Gasteiger partial charge in [0.05, 0.1) is 18.9 Å². The van der Waals surface area contributed by atoms with Gasteiger partial charge < -0.3 is 9.47 Å². The SMILES string of the molecule is CCCCCCOC(=O)N(C(=O)OCCCCCC)c1ccccc1. The predicted octanol–water partition coefficient (Wildman–Crippen LogP) is 5.93. The Morgan fingerprint density at radius 2 is 1.24 bits per heavy atom. The van der Waals surface area contributed by atoms with Crippen LogP contribution in [0.2, 0.25) is 0 Å². The number of imide groups is 1. The van der Waals surface area contributed by atoms with Crippen molar-refractivity contribution in [1.29, 1.82) is 0 Å². The van der Waals surface area contributed by atoms with Crippen LogP contribution < -0.4 is 4.90 Å². The molecule has 0 aliphatic rings. The summed E-state index contributed by atoms with van der Waals surface area (Å²) < 4.78 is 10.5. The number of carbonyl (C=O) groups excluding carboxylic acids is 2. The number of anilines is 1. The maximum Gasteiger partial charge on any atom is 0.424 e. The number of hydrogen-bond acceptors (Lipinski definition) is 4. The monoisotopic (exact) mass is 349 g/mol. The van der Waals surface area contributed by atoms with Gasteiger partial charge in [0, 0.05) is 0 Å². The molecule has 0 atom stereocenters. The number of hydrogen-bond donors (Lipinski definition) is 0. The Balaban J connectivity index is 2.57. The first-order valence-corrected chi connectivity index (χ1v) is 9.39. The van der Waals surface area contributed by atoms with E-state index in [1.165, 1.54) is 0 Å². The minimum absolute atomic E-state index is 0.311. The van der Waals surface area contributed by atoms with E-state index in [0.717, 1.165) is 56.3 Å². The van der Waals surface area contributed by atoms with E-state index in [1.54, 1.807) is 24.3 Å². The molecule has 0 aliphatic carbocycles. The molecule has 0 N–H and O–H groups in total. The van der Waals surface area contributed by atoms with Crippen LogP contribution in [0.1, 0.15) is 65.2 Å². The average molecular weight is 349 g/mol.